The summed E-state index contributed by atoms with van der Waals surface area (Å²) < 4.78 is 2.24. The van der Waals surface area contributed by atoms with E-state index in [-0.39, 0.29) is 0 Å². The van der Waals surface area contributed by atoms with Crippen molar-refractivity contribution in [3.05, 3.63) is 179 Å². The van der Waals surface area contributed by atoms with Crippen LogP contribution in [0.1, 0.15) is 11.3 Å². The van der Waals surface area contributed by atoms with E-state index in [2.05, 4.69) is 137 Å². The maximum Gasteiger partial charge on any atom is 0.230 e. The van der Waals surface area contributed by atoms with Gasteiger partial charge in [0.15, 0.2) is 0 Å². The number of benzene rings is 6. The van der Waals surface area contributed by atoms with Crippen molar-refractivity contribution in [1.82, 2.24) is 0 Å². The summed E-state index contributed by atoms with van der Waals surface area (Å²) in [6.07, 6.45) is 10.7. The molecule has 45 heavy (non-hydrogen) atoms. The van der Waals surface area contributed by atoms with Gasteiger partial charge in [-0.2, -0.15) is 4.57 Å². The van der Waals surface area contributed by atoms with Gasteiger partial charge in [0, 0.05) is 35.5 Å². The van der Waals surface area contributed by atoms with Crippen LogP contribution in [0.4, 0.5) is 11.4 Å². The molecule has 0 saturated carbocycles. The normalized spacial score (nSPS) is 13.8. The van der Waals surface area contributed by atoms with E-state index < -0.39 is 0 Å². The van der Waals surface area contributed by atoms with E-state index in [0.29, 0.717) is 10.0 Å². The lowest BCUT2D eigenvalue weighted by atomic mass is 9.97. The molecule has 2 heterocycles. The Morgan fingerprint density at radius 3 is 2.04 bits per heavy atom. The zero-order valence-electron chi connectivity index (χ0n) is 24.2. The SMILES string of the molecule is Clc1ccccc1N1C(=CC=Cc2ccc3c4ccccc4ccc3[n+]2-c2ccccc2Cl)C=Cc2c1ccc1ccccc21. The average Bonchev–Trinajstić information content (AvgIpc) is 3.08. The number of fused-ring (bicyclic) bond motifs is 6. The van der Waals surface area contributed by atoms with Gasteiger partial charge in [0.1, 0.15) is 5.02 Å². The molecule has 0 saturated heterocycles. The first-order valence-corrected chi connectivity index (χ1v) is 15.7. The number of nitrogens with zero attached hydrogens (tertiary/aromatic N) is 2. The fourth-order valence-electron chi connectivity index (χ4n) is 6.38. The molecule has 0 spiro atoms. The molecule has 0 radical (unpaired) electrons. The van der Waals surface area contributed by atoms with Gasteiger partial charge >= 0.3 is 0 Å². The van der Waals surface area contributed by atoms with Gasteiger partial charge in [-0.15, -0.1) is 0 Å². The summed E-state index contributed by atoms with van der Waals surface area (Å²) >= 11 is 13.6. The van der Waals surface area contributed by atoms with E-state index in [1.54, 1.807) is 0 Å². The molecule has 1 aliphatic heterocycles. The highest BCUT2D eigenvalue weighted by atomic mass is 35.5. The molecule has 7 aromatic rings. The topological polar surface area (TPSA) is 7.12 Å². The van der Waals surface area contributed by atoms with E-state index in [9.17, 15) is 0 Å². The monoisotopic (exact) mass is 617 g/mol. The second-order valence-electron chi connectivity index (χ2n) is 11.1. The molecule has 1 aliphatic rings. The van der Waals surface area contributed by atoms with Crippen LogP contribution in [0.3, 0.4) is 0 Å². The summed E-state index contributed by atoms with van der Waals surface area (Å²) in [5.41, 5.74) is 7.25. The predicted octanol–water partition coefficient (Wildman–Crippen LogP) is 11.5. The first kappa shape index (κ1) is 27.4. The van der Waals surface area contributed by atoms with Crippen LogP contribution in [0.25, 0.3) is 50.3 Å². The number of pyridine rings is 1. The molecule has 4 heteroatoms. The molecule has 0 N–H and O–H groups in total. The molecule has 0 unspecified atom stereocenters. The molecular weight excluding hydrogens is 591 g/mol. The molecule has 1 aromatic heterocycles. The standard InChI is InChI=1S/C41H27Cl2N2/c42-36-16-5-7-18-40(36)44-30(22-24-34-32-14-3-1-10-28(32)20-26-38(34)44)12-9-13-31-23-25-35-33-15-4-2-11-29(33)21-27-39(35)45(31)41-19-8-6-17-37(41)43/h1-27H/q+1. The third kappa shape index (κ3) is 4.80. The van der Waals surface area contributed by atoms with Crippen molar-refractivity contribution in [2.75, 3.05) is 4.90 Å². The fraction of sp³-hybridized carbons (Fsp3) is 0. The minimum absolute atomic E-state index is 0.695. The number of hydrogen-bond donors (Lipinski definition) is 0. The number of rotatable bonds is 4. The van der Waals surface area contributed by atoms with Crippen molar-refractivity contribution in [2.45, 2.75) is 0 Å². The minimum Gasteiger partial charge on any atom is -0.308 e. The van der Waals surface area contributed by atoms with E-state index >= 15 is 0 Å². The van der Waals surface area contributed by atoms with Gasteiger partial charge in [-0.05, 0) is 70.1 Å². The van der Waals surface area contributed by atoms with E-state index in [0.717, 1.165) is 34.0 Å². The third-order valence-electron chi connectivity index (χ3n) is 8.46. The number of anilines is 2. The van der Waals surface area contributed by atoms with Crippen molar-refractivity contribution in [3.63, 3.8) is 0 Å². The van der Waals surface area contributed by atoms with Gasteiger partial charge in [0.2, 0.25) is 16.9 Å². The Balaban J connectivity index is 1.29. The minimum atomic E-state index is 0.695. The number of halogens is 2. The summed E-state index contributed by atoms with van der Waals surface area (Å²) in [4.78, 5) is 2.24. The zero-order valence-corrected chi connectivity index (χ0v) is 25.8. The van der Waals surface area contributed by atoms with Gasteiger partial charge in [0.25, 0.3) is 0 Å². The van der Waals surface area contributed by atoms with Gasteiger partial charge < -0.3 is 4.90 Å². The highest BCUT2D eigenvalue weighted by Gasteiger charge is 2.23. The smallest absolute Gasteiger partial charge is 0.230 e. The van der Waals surface area contributed by atoms with Crippen molar-refractivity contribution in [1.29, 1.82) is 0 Å². The van der Waals surface area contributed by atoms with Crippen molar-refractivity contribution >= 4 is 79.2 Å². The zero-order chi connectivity index (χ0) is 30.3. The maximum absolute atomic E-state index is 6.81. The lowest BCUT2D eigenvalue weighted by molar-refractivity contribution is -0.569. The Morgan fingerprint density at radius 2 is 1.22 bits per heavy atom. The summed E-state index contributed by atoms with van der Waals surface area (Å²) in [5, 5.41) is 7.40. The molecular formula is C41H27Cl2N2+. The molecule has 214 valence electrons. The van der Waals surface area contributed by atoms with Crippen LogP contribution in [-0.2, 0) is 0 Å². The second kappa shape index (κ2) is 11.4. The molecule has 0 fully saturated rings. The molecule has 0 amide bonds. The van der Waals surface area contributed by atoms with Crippen LogP contribution in [0.15, 0.2) is 157 Å². The lowest BCUT2D eigenvalue weighted by Gasteiger charge is -2.32. The first-order chi connectivity index (χ1) is 22.2. The van der Waals surface area contributed by atoms with Crippen LogP contribution in [0, 0.1) is 0 Å². The Kier molecular flexibility index (Phi) is 6.95. The number of para-hydroxylation sites is 2. The van der Waals surface area contributed by atoms with E-state index in [1.807, 2.05) is 36.4 Å². The predicted molar refractivity (Wildman–Crippen MR) is 192 cm³/mol. The second-order valence-corrected chi connectivity index (χ2v) is 11.9. The Morgan fingerprint density at radius 1 is 0.533 bits per heavy atom. The number of aromatic nitrogens is 1. The molecule has 8 rings (SSSR count). The van der Waals surface area contributed by atoms with Gasteiger partial charge in [0.05, 0.1) is 21.8 Å². The average molecular weight is 619 g/mol. The quantitative estimate of drug-likeness (QED) is 0.141. The van der Waals surface area contributed by atoms with Crippen LogP contribution in [-0.4, -0.2) is 0 Å². The van der Waals surface area contributed by atoms with Gasteiger partial charge in [-0.3, -0.25) is 0 Å². The molecule has 6 aromatic carbocycles. The molecule has 2 nitrogen and oxygen atoms in total. The van der Waals surface area contributed by atoms with Crippen LogP contribution in [0.2, 0.25) is 10.0 Å². The summed E-state index contributed by atoms with van der Waals surface area (Å²) in [5.74, 6) is 0. The van der Waals surface area contributed by atoms with Gasteiger partial charge in [-0.1, -0.05) is 114 Å². The molecule has 0 aliphatic carbocycles. The molecule has 0 bridgehead atoms. The van der Waals surface area contributed by atoms with E-state index in [1.165, 1.54) is 32.5 Å². The largest absolute Gasteiger partial charge is 0.308 e. The van der Waals surface area contributed by atoms with E-state index in [4.69, 9.17) is 23.2 Å². The lowest BCUT2D eigenvalue weighted by Crippen LogP contribution is -2.35. The van der Waals surface area contributed by atoms with Crippen molar-refractivity contribution in [3.8, 4) is 5.69 Å². The van der Waals surface area contributed by atoms with Crippen LogP contribution >= 0.6 is 23.2 Å². The summed E-state index contributed by atoms with van der Waals surface area (Å²) in [6, 6.07) is 46.1. The Bertz CT molecular complexity index is 2370. The Labute approximate surface area is 272 Å². The Hall–Kier alpha value is -5.15. The maximum atomic E-state index is 6.81. The summed E-state index contributed by atoms with van der Waals surface area (Å²) in [6.45, 7) is 0. The third-order valence-corrected chi connectivity index (χ3v) is 9.09. The fourth-order valence-corrected chi connectivity index (χ4v) is 6.82. The first-order valence-electron chi connectivity index (χ1n) is 14.9. The number of allylic oxidation sites excluding steroid dienone is 3. The van der Waals surface area contributed by atoms with Crippen LogP contribution in [0.5, 0.6) is 0 Å². The highest BCUT2D eigenvalue weighted by Crippen LogP contribution is 2.43. The van der Waals surface area contributed by atoms with Crippen LogP contribution < -0.4 is 9.47 Å². The van der Waals surface area contributed by atoms with Crippen molar-refractivity contribution in [2.24, 2.45) is 0 Å². The summed E-state index contributed by atoms with van der Waals surface area (Å²) in [7, 11) is 0. The molecule has 0 atom stereocenters. The highest BCUT2D eigenvalue weighted by molar-refractivity contribution is 6.33. The van der Waals surface area contributed by atoms with Gasteiger partial charge in [-0.25, -0.2) is 0 Å². The number of hydrogen-bond acceptors (Lipinski definition) is 1. The van der Waals surface area contributed by atoms with Crippen molar-refractivity contribution < 1.29 is 4.57 Å².